The van der Waals surface area contributed by atoms with Crippen molar-refractivity contribution in [2.45, 2.75) is 75.7 Å². The van der Waals surface area contributed by atoms with Gasteiger partial charge in [-0.2, -0.15) is 0 Å². The maximum absolute atomic E-state index is 15.4. The topological polar surface area (TPSA) is 47.6 Å². The summed E-state index contributed by atoms with van der Waals surface area (Å²) >= 11 is 7.69. The van der Waals surface area contributed by atoms with Crippen molar-refractivity contribution < 1.29 is 23.0 Å². The lowest BCUT2D eigenvalue weighted by molar-refractivity contribution is -0.124. The summed E-state index contributed by atoms with van der Waals surface area (Å²) in [5, 5.41) is 3.68. The number of carbonyl (C=O) groups is 1. The van der Waals surface area contributed by atoms with E-state index in [1.54, 1.807) is 11.8 Å². The fourth-order valence-corrected chi connectivity index (χ4v) is 6.65. The molecule has 0 spiro atoms. The molecule has 0 aliphatic carbocycles. The molecule has 1 fully saturated rings. The van der Waals surface area contributed by atoms with E-state index in [2.05, 4.69) is 5.32 Å². The molecule has 1 amide bonds. The van der Waals surface area contributed by atoms with Crippen LogP contribution in [0, 0.1) is 17.6 Å². The van der Waals surface area contributed by atoms with Gasteiger partial charge in [0.1, 0.15) is 5.82 Å². The Labute approximate surface area is 227 Å². The molecule has 2 aliphatic heterocycles. The van der Waals surface area contributed by atoms with Crippen LogP contribution in [0.4, 0.5) is 8.78 Å². The number of fused-ring (bicyclic) bond motifs is 3. The molecule has 37 heavy (non-hydrogen) atoms. The Balaban J connectivity index is 1.60. The molecule has 202 valence electrons. The summed E-state index contributed by atoms with van der Waals surface area (Å²) in [6.07, 6.45) is 1.53. The minimum Gasteiger partial charge on any atom is -0.490 e. The van der Waals surface area contributed by atoms with Gasteiger partial charge in [-0.15, -0.1) is 11.8 Å². The highest BCUT2D eigenvalue weighted by Crippen LogP contribution is 2.53. The summed E-state index contributed by atoms with van der Waals surface area (Å²) in [5.74, 6) is -0.492. The first-order valence-electron chi connectivity index (χ1n) is 12.8. The molecule has 1 saturated heterocycles. The van der Waals surface area contributed by atoms with Crippen LogP contribution in [0.25, 0.3) is 0 Å². The Hall–Kier alpha value is -1.83. The second-order valence-corrected chi connectivity index (χ2v) is 13.8. The molecule has 3 atom stereocenters. The zero-order valence-electron chi connectivity index (χ0n) is 22.1. The highest BCUT2D eigenvalue weighted by Gasteiger charge is 2.53. The van der Waals surface area contributed by atoms with E-state index < -0.39 is 21.8 Å². The van der Waals surface area contributed by atoms with Crippen LogP contribution in [-0.4, -0.2) is 41.3 Å². The Morgan fingerprint density at radius 2 is 1.78 bits per heavy atom. The Morgan fingerprint density at radius 1 is 1.11 bits per heavy atom. The maximum Gasteiger partial charge on any atom is 0.236 e. The van der Waals surface area contributed by atoms with Crippen molar-refractivity contribution >= 4 is 29.3 Å². The summed E-state index contributed by atoms with van der Waals surface area (Å²) in [4.78, 5) is 12.8. The van der Waals surface area contributed by atoms with Crippen LogP contribution in [0.15, 0.2) is 36.4 Å². The molecule has 0 aromatic heterocycles. The fourth-order valence-electron chi connectivity index (χ4n) is 5.48. The van der Waals surface area contributed by atoms with Crippen LogP contribution in [0.5, 0.6) is 5.75 Å². The summed E-state index contributed by atoms with van der Waals surface area (Å²) in [6.45, 7) is 10.4. The van der Waals surface area contributed by atoms with Crippen LogP contribution in [0.2, 0.25) is 5.02 Å². The van der Waals surface area contributed by atoms with Gasteiger partial charge in [0.05, 0.1) is 17.5 Å². The summed E-state index contributed by atoms with van der Waals surface area (Å²) < 4.78 is 41.7. The van der Waals surface area contributed by atoms with Crippen molar-refractivity contribution in [2.75, 3.05) is 19.0 Å². The van der Waals surface area contributed by atoms with E-state index in [-0.39, 0.29) is 35.8 Å². The predicted octanol–water partition coefficient (Wildman–Crippen LogP) is 6.71. The number of carbonyl (C=O) groups excluding carboxylic acids is 1. The Bertz CT molecular complexity index is 1140. The number of halogens is 3. The third-order valence-electron chi connectivity index (χ3n) is 7.34. The standard InChI is InChI=1S/C29H36ClF2NO3S/c1-27(2,3)33-26(34)28(4,5)37-15-12-23-20-17-36-25-22(32)11-10-21(31)24(25)29(20,13-14-35-23)16-18-6-8-19(30)9-7-18/h6-11,20,23H,12-17H2,1-5H3,(H,33,34)/t20-,23-,29-/m0/s1. The highest BCUT2D eigenvalue weighted by molar-refractivity contribution is 8.01. The molecule has 2 aromatic carbocycles. The number of thioether (sulfide) groups is 1. The van der Waals surface area contributed by atoms with E-state index in [4.69, 9.17) is 21.1 Å². The lowest BCUT2D eigenvalue weighted by Gasteiger charge is -2.51. The van der Waals surface area contributed by atoms with E-state index in [1.807, 2.05) is 58.9 Å². The predicted molar refractivity (Wildman–Crippen MR) is 146 cm³/mol. The minimum atomic E-state index is -0.680. The van der Waals surface area contributed by atoms with Crippen molar-refractivity contribution in [3.8, 4) is 5.75 Å². The summed E-state index contributed by atoms with van der Waals surface area (Å²) in [5.41, 5.74) is 0.320. The van der Waals surface area contributed by atoms with Crippen LogP contribution < -0.4 is 10.1 Å². The number of benzene rings is 2. The maximum atomic E-state index is 15.4. The molecule has 4 rings (SSSR count). The Kier molecular flexibility index (Phi) is 8.18. The molecule has 0 bridgehead atoms. The molecule has 1 N–H and O–H groups in total. The average Bonchev–Trinajstić information content (AvgIpc) is 2.81. The lowest BCUT2D eigenvalue weighted by Crippen LogP contribution is -2.55. The molecule has 8 heteroatoms. The van der Waals surface area contributed by atoms with Crippen molar-refractivity contribution in [1.82, 2.24) is 5.32 Å². The third kappa shape index (κ3) is 6.10. The highest BCUT2D eigenvalue weighted by atomic mass is 35.5. The van der Waals surface area contributed by atoms with Gasteiger partial charge in [-0.25, -0.2) is 8.78 Å². The molecule has 0 unspecified atom stereocenters. The SMILES string of the molecule is CC(C)(C)NC(=O)C(C)(C)SCC[C@@H]1OCC[C@@]2(Cc3ccc(Cl)cc3)c3c(F)ccc(F)c3OC[C@@H]12. The number of rotatable bonds is 7. The van der Waals surface area contributed by atoms with Crippen LogP contribution in [0.1, 0.15) is 58.6 Å². The van der Waals surface area contributed by atoms with Gasteiger partial charge < -0.3 is 14.8 Å². The average molecular weight is 552 g/mol. The quantitative estimate of drug-likeness (QED) is 0.415. The second-order valence-electron chi connectivity index (χ2n) is 11.6. The fraction of sp³-hybridized carbons (Fsp3) is 0.552. The number of amides is 1. The number of hydrogen-bond acceptors (Lipinski definition) is 4. The third-order valence-corrected chi connectivity index (χ3v) is 8.93. The molecule has 2 aliphatic rings. The lowest BCUT2D eigenvalue weighted by atomic mass is 9.60. The molecule has 2 heterocycles. The molecular weight excluding hydrogens is 516 g/mol. The van der Waals surface area contributed by atoms with Gasteiger partial charge in [0, 0.05) is 34.1 Å². The van der Waals surface area contributed by atoms with Gasteiger partial charge in [-0.05, 0) is 89.5 Å². The van der Waals surface area contributed by atoms with Gasteiger partial charge in [0.2, 0.25) is 5.91 Å². The monoisotopic (exact) mass is 551 g/mol. The minimum absolute atomic E-state index is 0.0141. The van der Waals surface area contributed by atoms with E-state index in [1.165, 1.54) is 6.07 Å². The van der Waals surface area contributed by atoms with Crippen molar-refractivity contribution in [3.63, 3.8) is 0 Å². The first-order chi connectivity index (χ1) is 17.3. The summed E-state index contributed by atoms with van der Waals surface area (Å²) in [6, 6.07) is 9.85. The number of nitrogens with one attached hydrogen (secondary N) is 1. The van der Waals surface area contributed by atoms with Gasteiger partial charge in [0.25, 0.3) is 0 Å². The van der Waals surface area contributed by atoms with Crippen molar-refractivity contribution in [1.29, 1.82) is 0 Å². The normalized spacial score (nSPS) is 23.6. The smallest absolute Gasteiger partial charge is 0.236 e. The molecule has 2 aromatic rings. The number of ether oxygens (including phenoxy) is 2. The van der Waals surface area contributed by atoms with E-state index in [0.29, 0.717) is 42.2 Å². The molecule has 0 radical (unpaired) electrons. The number of hydrogen-bond donors (Lipinski definition) is 1. The van der Waals surface area contributed by atoms with Crippen LogP contribution in [0.3, 0.4) is 0 Å². The van der Waals surface area contributed by atoms with Gasteiger partial charge >= 0.3 is 0 Å². The van der Waals surface area contributed by atoms with E-state index >= 15 is 4.39 Å². The van der Waals surface area contributed by atoms with Gasteiger partial charge in [-0.1, -0.05) is 23.7 Å². The molecular formula is C29H36ClF2NO3S. The van der Waals surface area contributed by atoms with Gasteiger partial charge in [-0.3, -0.25) is 4.79 Å². The van der Waals surface area contributed by atoms with Crippen LogP contribution in [-0.2, 0) is 21.4 Å². The largest absolute Gasteiger partial charge is 0.490 e. The van der Waals surface area contributed by atoms with Gasteiger partial charge in [0.15, 0.2) is 11.6 Å². The first-order valence-corrected chi connectivity index (χ1v) is 14.1. The first kappa shape index (κ1) is 28.2. The molecule has 4 nitrogen and oxygen atoms in total. The zero-order chi connectivity index (χ0) is 27.0. The van der Waals surface area contributed by atoms with E-state index in [0.717, 1.165) is 11.6 Å². The zero-order valence-corrected chi connectivity index (χ0v) is 23.7. The Morgan fingerprint density at radius 3 is 2.46 bits per heavy atom. The van der Waals surface area contributed by atoms with E-state index in [9.17, 15) is 9.18 Å². The van der Waals surface area contributed by atoms with Crippen molar-refractivity contribution in [2.24, 2.45) is 5.92 Å². The van der Waals surface area contributed by atoms with Crippen LogP contribution >= 0.6 is 23.4 Å². The second kappa shape index (κ2) is 10.7. The summed E-state index contributed by atoms with van der Waals surface area (Å²) in [7, 11) is 0. The van der Waals surface area contributed by atoms with Crippen molar-refractivity contribution in [3.05, 3.63) is 64.2 Å². The molecule has 0 saturated carbocycles.